The number of hydrogen-bond acceptors (Lipinski definition) is 8. The number of nitrogens with two attached hydrogens (primary N) is 1. The number of piperazine rings is 1. The van der Waals surface area contributed by atoms with Crippen molar-refractivity contribution >= 4 is 52.3 Å². The topological polar surface area (TPSA) is 115 Å². The minimum Gasteiger partial charge on any atom is -0.436 e. The fourth-order valence-electron chi connectivity index (χ4n) is 7.11. The summed E-state index contributed by atoms with van der Waals surface area (Å²) in [6.45, 7) is 5.89. The lowest BCUT2D eigenvalue weighted by Gasteiger charge is -2.42. The van der Waals surface area contributed by atoms with Gasteiger partial charge in [-0.3, -0.25) is 9.69 Å². The van der Waals surface area contributed by atoms with Crippen LogP contribution in [0.15, 0.2) is 22.9 Å². The van der Waals surface area contributed by atoms with E-state index in [9.17, 15) is 27.6 Å². The highest BCUT2D eigenvalue weighted by molar-refractivity contribution is 7.08. The first-order valence-electron chi connectivity index (χ1n) is 16.3. The third-order valence-electron chi connectivity index (χ3n) is 10.0. The number of carbonyl (C=O) groups is 3. The third-order valence-corrected chi connectivity index (χ3v) is 11.1. The lowest BCUT2D eigenvalue weighted by Crippen LogP contribution is -2.54. The van der Waals surface area contributed by atoms with Crippen molar-refractivity contribution in [2.24, 2.45) is 0 Å². The predicted octanol–water partition coefficient (Wildman–Crippen LogP) is 4.80. The molecule has 5 heterocycles. The number of amides is 4. The molecule has 0 spiro atoms. The number of likely N-dealkylation sites (N-methyl/N-ethyl adjacent to an activating group) is 1. The summed E-state index contributed by atoms with van der Waals surface area (Å²) in [6, 6.07) is 2.23. The van der Waals surface area contributed by atoms with Gasteiger partial charge in [-0.15, -0.1) is 11.3 Å². The Hall–Kier alpha value is -3.27. The van der Waals surface area contributed by atoms with Gasteiger partial charge in [0.15, 0.2) is 6.10 Å². The molecule has 3 N–H and O–H groups in total. The molecule has 4 amide bonds. The Morgan fingerprint density at radius 1 is 1.00 bits per heavy atom. The van der Waals surface area contributed by atoms with Crippen LogP contribution in [0, 0.1) is 0 Å². The summed E-state index contributed by atoms with van der Waals surface area (Å²) >= 11 is 7.62. The molecule has 1 atom stereocenters. The second-order valence-corrected chi connectivity index (χ2v) is 14.2. The van der Waals surface area contributed by atoms with Crippen molar-refractivity contribution in [3.63, 3.8) is 0 Å². The van der Waals surface area contributed by atoms with Gasteiger partial charge in [-0.05, 0) is 55.8 Å². The SMILES string of the molecule is CN1CCN(C2CCN(C(=O)[C@@H](Cc3cc(Cl)c(N)c(C(F)(F)F)c3)OC(=O)N3CCC(N4Cc5cscc5NC4=O)CC3)CC2)CC1. The number of hydrogen-bond donors (Lipinski definition) is 2. The van der Waals surface area contributed by atoms with Gasteiger partial charge >= 0.3 is 18.3 Å². The number of nitrogens with zero attached hydrogens (tertiary/aromatic N) is 5. The molecule has 2 aromatic rings. The van der Waals surface area contributed by atoms with Crippen molar-refractivity contribution in [1.82, 2.24) is 24.5 Å². The molecule has 0 unspecified atom stereocenters. The van der Waals surface area contributed by atoms with E-state index in [-0.39, 0.29) is 29.1 Å². The normalized spacial score (nSPS) is 21.2. The predicted molar refractivity (Wildman–Crippen MR) is 177 cm³/mol. The Morgan fingerprint density at radius 2 is 1.65 bits per heavy atom. The van der Waals surface area contributed by atoms with Crippen LogP contribution in [-0.4, -0.2) is 120 Å². The molecule has 6 rings (SSSR count). The molecule has 262 valence electrons. The van der Waals surface area contributed by atoms with Crippen molar-refractivity contribution in [3.8, 4) is 0 Å². The van der Waals surface area contributed by atoms with E-state index in [0.29, 0.717) is 51.6 Å². The first-order chi connectivity index (χ1) is 22.9. The van der Waals surface area contributed by atoms with Gasteiger partial charge < -0.3 is 35.4 Å². The molecule has 4 aliphatic heterocycles. The molecular weight excluding hydrogens is 671 g/mol. The first kappa shape index (κ1) is 34.6. The number of likely N-dealkylation sites (tertiary alicyclic amines) is 2. The molecule has 11 nitrogen and oxygen atoms in total. The molecule has 1 aromatic heterocycles. The van der Waals surface area contributed by atoms with Crippen molar-refractivity contribution in [2.45, 2.75) is 63.0 Å². The van der Waals surface area contributed by atoms with Crippen LogP contribution in [0.2, 0.25) is 5.02 Å². The average molecular weight is 712 g/mol. The fourth-order valence-corrected chi connectivity index (χ4v) is 8.13. The highest BCUT2D eigenvalue weighted by Crippen LogP contribution is 2.38. The quantitative estimate of drug-likeness (QED) is 0.414. The van der Waals surface area contributed by atoms with Gasteiger partial charge in [0.2, 0.25) is 0 Å². The number of urea groups is 1. The molecule has 3 fully saturated rings. The van der Waals surface area contributed by atoms with Gasteiger partial charge in [0, 0.05) is 81.8 Å². The minimum atomic E-state index is -4.76. The fraction of sp³-hybridized carbons (Fsp3) is 0.594. The summed E-state index contributed by atoms with van der Waals surface area (Å²) in [7, 11) is 2.10. The monoisotopic (exact) mass is 711 g/mol. The zero-order valence-electron chi connectivity index (χ0n) is 26.8. The number of fused-ring (bicyclic) bond motifs is 1. The van der Waals surface area contributed by atoms with E-state index in [1.165, 1.54) is 22.3 Å². The van der Waals surface area contributed by atoms with Crippen LogP contribution in [0.25, 0.3) is 0 Å². The Morgan fingerprint density at radius 3 is 2.31 bits per heavy atom. The molecule has 1 aromatic carbocycles. The van der Waals surface area contributed by atoms with E-state index in [1.54, 1.807) is 9.80 Å². The van der Waals surface area contributed by atoms with E-state index in [4.69, 9.17) is 22.1 Å². The van der Waals surface area contributed by atoms with Gasteiger partial charge in [-0.25, -0.2) is 9.59 Å². The number of alkyl halides is 3. The Balaban J connectivity index is 1.13. The number of ether oxygens (including phenoxy) is 1. The molecule has 3 saturated heterocycles. The highest BCUT2D eigenvalue weighted by Gasteiger charge is 2.38. The number of nitrogens with one attached hydrogen (secondary N) is 1. The number of thiophene rings is 1. The first-order valence-corrected chi connectivity index (χ1v) is 17.6. The van der Waals surface area contributed by atoms with Gasteiger partial charge in [0.05, 0.1) is 28.5 Å². The molecule has 0 radical (unpaired) electrons. The Labute approximate surface area is 286 Å². The zero-order valence-corrected chi connectivity index (χ0v) is 28.4. The number of rotatable bonds is 6. The maximum absolute atomic E-state index is 13.9. The average Bonchev–Trinajstić information content (AvgIpc) is 3.52. The highest BCUT2D eigenvalue weighted by atomic mass is 35.5. The van der Waals surface area contributed by atoms with Crippen LogP contribution in [0.4, 0.5) is 34.1 Å². The van der Waals surface area contributed by atoms with Gasteiger partial charge in [-0.1, -0.05) is 11.6 Å². The zero-order chi connectivity index (χ0) is 34.2. The van der Waals surface area contributed by atoms with Crippen molar-refractivity contribution < 1.29 is 32.3 Å². The maximum atomic E-state index is 13.9. The third kappa shape index (κ3) is 7.63. The summed E-state index contributed by atoms with van der Waals surface area (Å²) in [5.41, 5.74) is 5.90. The Bertz CT molecular complexity index is 1500. The van der Waals surface area contributed by atoms with E-state index < -0.39 is 35.5 Å². The summed E-state index contributed by atoms with van der Waals surface area (Å²) < 4.78 is 47.1. The van der Waals surface area contributed by atoms with Crippen LogP contribution in [0.5, 0.6) is 0 Å². The van der Waals surface area contributed by atoms with Crippen molar-refractivity contribution in [3.05, 3.63) is 44.6 Å². The molecular formula is C32H41ClF3N7O4S. The second-order valence-electron chi connectivity index (χ2n) is 13.1. The number of piperidine rings is 2. The lowest BCUT2D eigenvalue weighted by atomic mass is 9.99. The van der Waals surface area contributed by atoms with Crippen LogP contribution < -0.4 is 11.1 Å². The molecule has 16 heteroatoms. The molecule has 0 aliphatic carbocycles. The number of benzene rings is 1. The van der Waals surface area contributed by atoms with Crippen LogP contribution in [0.1, 0.15) is 42.4 Å². The van der Waals surface area contributed by atoms with Crippen LogP contribution in [0.3, 0.4) is 0 Å². The summed E-state index contributed by atoms with van der Waals surface area (Å²) in [5, 5.41) is 6.54. The molecule has 48 heavy (non-hydrogen) atoms. The number of anilines is 2. The van der Waals surface area contributed by atoms with Gasteiger partial charge in [0.25, 0.3) is 5.91 Å². The summed E-state index contributed by atoms with van der Waals surface area (Å²) in [5.74, 6) is -0.451. The molecule has 4 aliphatic rings. The molecule has 0 bridgehead atoms. The van der Waals surface area contributed by atoms with Gasteiger partial charge in [0.1, 0.15) is 0 Å². The summed E-state index contributed by atoms with van der Waals surface area (Å²) in [6.07, 6.45) is -4.59. The standard InChI is InChI=1S/C32H41ClF3N7O4S/c1-39-10-12-40(13-11-39)22-2-6-41(7-3-22)29(44)27(16-20-14-24(32(34,35)36)28(37)25(33)15-20)47-31(46)42-8-4-23(5-9-42)43-17-21-18-48-19-26(21)38-30(43)45/h14-15,18-19,22-23,27H,2-13,16-17,37H2,1H3,(H,38,45)/t27-/m1/s1. The van der Waals surface area contributed by atoms with Gasteiger partial charge in [-0.2, -0.15) is 13.2 Å². The largest absolute Gasteiger partial charge is 0.436 e. The van der Waals surface area contributed by atoms with E-state index in [1.807, 2.05) is 10.8 Å². The van der Waals surface area contributed by atoms with Crippen molar-refractivity contribution in [2.75, 3.05) is 70.5 Å². The van der Waals surface area contributed by atoms with E-state index in [2.05, 4.69) is 22.2 Å². The van der Waals surface area contributed by atoms with E-state index >= 15 is 0 Å². The minimum absolute atomic E-state index is 0.0844. The second kappa shape index (κ2) is 14.3. The number of nitrogen functional groups attached to an aromatic ring is 1. The number of carbonyl (C=O) groups excluding carboxylic acids is 3. The van der Waals surface area contributed by atoms with Crippen LogP contribution in [-0.2, 0) is 28.7 Å². The summed E-state index contributed by atoms with van der Waals surface area (Å²) in [4.78, 5) is 49.8. The lowest BCUT2D eigenvalue weighted by molar-refractivity contribution is -0.142. The van der Waals surface area contributed by atoms with Crippen molar-refractivity contribution in [1.29, 1.82) is 0 Å². The molecule has 0 saturated carbocycles. The van der Waals surface area contributed by atoms with E-state index in [0.717, 1.165) is 56.3 Å². The Kier molecular flexibility index (Phi) is 10.3. The number of halogens is 4. The van der Waals surface area contributed by atoms with Crippen LogP contribution >= 0.6 is 22.9 Å². The smallest absolute Gasteiger partial charge is 0.418 e. The maximum Gasteiger partial charge on any atom is 0.418 e.